The maximum atomic E-state index is 15.3. The zero-order valence-corrected chi connectivity index (χ0v) is 31.7. The lowest BCUT2D eigenvalue weighted by Crippen LogP contribution is -2.60. The molecule has 17 heteroatoms. The Balaban J connectivity index is 1.17. The van der Waals surface area contributed by atoms with Crippen LogP contribution >= 0.6 is 23.2 Å². The molecule has 300 valence electrons. The number of aliphatic hydroxyl groups is 1. The number of carbonyl (C=O) groups is 4. The average molecular weight is 844 g/mol. The predicted molar refractivity (Wildman–Crippen MR) is 198 cm³/mol. The minimum Gasteiger partial charge on any atom is -0.497 e. The third-order valence-electron chi connectivity index (χ3n) is 11.4. The van der Waals surface area contributed by atoms with Crippen molar-refractivity contribution in [2.75, 3.05) is 24.0 Å². The molecule has 58 heavy (non-hydrogen) atoms. The van der Waals surface area contributed by atoms with E-state index in [0.717, 1.165) is 10.5 Å². The van der Waals surface area contributed by atoms with E-state index in [2.05, 4.69) is 0 Å². The first-order valence-corrected chi connectivity index (χ1v) is 18.4. The van der Waals surface area contributed by atoms with Gasteiger partial charge in [-0.3, -0.25) is 24.1 Å². The van der Waals surface area contributed by atoms with Gasteiger partial charge in [0.1, 0.15) is 35.3 Å². The number of carbonyl (C=O) groups excluding carboxylic acids is 4. The van der Waals surface area contributed by atoms with Crippen LogP contribution in [-0.2, 0) is 25.8 Å². The predicted octanol–water partition coefficient (Wildman–Crippen LogP) is 7.42. The van der Waals surface area contributed by atoms with E-state index in [1.165, 1.54) is 26.4 Å². The number of halogens is 7. The van der Waals surface area contributed by atoms with Gasteiger partial charge < -0.3 is 19.0 Å². The lowest BCUT2D eigenvalue weighted by atomic mass is 9.57. The zero-order valence-electron chi connectivity index (χ0n) is 30.2. The Morgan fingerprint density at radius 2 is 1.48 bits per heavy atom. The normalized spacial score (nSPS) is 26.6. The topological polar surface area (TPSA) is 127 Å². The van der Waals surface area contributed by atoms with E-state index in [0.29, 0.717) is 17.1 Å². The van der Waals surface area contributed by atoms with Gasteiger partial charge in [-0.1, -0.05) is 35.9 Å². The number of anilines is 2. The maximum absolute atomic E-state index is 15.3. The summed E-state index contributed by atoms with van der Waals surface area (Å²) in [6, 6.07) is 14.4. The molecule has 0 radical (unpaired) electrons. The summed E-state index contributed by atoms with van der Waals surface area (Å²) in [5.74, 6) is -20.8. The smallest absolute Gasteiger partial charge is 0.258 e. The number of nitrogens with zero attached hydrogens (tertiary/aromatic N) is 2. The van der Waals surface area contributed by atoms with Crippen molar-refractivity contribution in [2.24, 2.45) is 17.8 Å². The van der Waals surface area contributed by atoms with Gasteiger partial charge >= 0.3 is 0 Å². The van der Waals surface area contributed by atoms with Crippen LogP contribution in [0.3, 0.4) is 0 Å². The largest absolute Gasteiger partial charge is 0.497 e. The second-order valence-corrected chi connectivity index (χ2v) is 15.4. The van der Waals surface area contributed by atoms with Crippen LogP contribution in [0.2, 0.25) is 0 Å². The SMILES string of the molecule is COc1ccc(OC)c(C=Cc2ccc(N3C(=O)C4CC=C5C(CC6(Cl)C(=O)N(c7c(F)c(F)c(F)c(F)c7F)C(=O)C6(Cl)C5c5ccc(CO)o5)C4C3=O)cc2)c1. The Bertz CT molecular complexity index is 2480. The van der Waals surface area contributed by atoms with Crippen molar-refractivity contribution in [1.82, 2.24) is 0 Å². The molecular formula is C41H29Cl2F5N2O8. The summed E-state index contributed by atoms with van der Waals surface area (Å²) in [6.45, 7) is -0.628. The van der Waals surface area contributed by atoms with Crippen molar-refractivity contribution in [1.29, 1.82) is 0 Å². The second kappa shape index (κ2) is 14.1. The first-order valence-electron chi connectivity index (χ1n) is 17.7. The fourth-order valence-electron chi connectivity index (χ4n) is 8.66. The van der Waals surface area contributed by atoms with E-state index in [1.54, 1.807) is 60.7 Å². The molecule has 4 aliphatic rings. The molecule has 0 bridgehead atoms. The van der Waals surface area contributed by atoms with Crippen molar-refractivity contribution in [3.05, 3.63) is 118 Å². The summed E-state index contributed by atoms with van der Waals surface area (Å²) in [5.41, 5.74) is -0.0144. The molecule has 10 nitrogen and oxygen atoms in total. The summed E-state index contributed by atoms with van der Waals surface area (Å²) >= 11 is 14.2. The number of ether oxygens (including phenoxy) is 2. The molecular weight excluding hydrogens is 814 g/mol. The highest BCUT2D eigenvalue weighted by molar-refractivity contribution is 6.58. The molecule has 6 unspecified atom stereocenters. The average Bonchev–Trinajstić information content (AvgIpc) is 3.85. The number of rotatable bonds is 8. The Kier molecular flexibility index (Phi) is 9.56. The van der Waals surface area contributed by atoms with Crippen LogP contribution in [0.5, 0.6) is 11.5 Å². The number of benzene rings is 3. The molecule has 1 N–H and O–H groups in total. The Morgan fingerprint density at radius 3 is 2.10 bits per heavy atom. The Labute approximate surface area is 336 Å². The first-order chi connectivity index (χ1) is 27.6. The number of amides is 4. The number of aliphatic hydroxyl groups excluding tert-OH is 1. The highest BCUT2D eigenvalue weighted by Crippen LogP contribution is 2.66. The highest BCUT2D eigenvalue weighted by Gasteiger charge is 2.77. The van der Waals surface area contributed by atoms with Crippen LogP contribution in [0.15, 0.2) is 70.7 Å². The fraction of sp³-hybridized carbons (Fsp3) is 0.268. The third-order valence-corrected chi connectivity index (χ3v) is 12.8. The monoisotopic (exact) mass is 842 g/mol. The molecule has 6 atom stereocenters. The van der Waals surface area contributed by atoms with Crippen LogP contribution < -0.4 is 19.3 Å². The summed E-state index contributed by atoms with van der Waals surface area (Å²) in [4.78, 5) is 52.5. The van der Waals surface area contributed by atoms with Crippen LogP contribution in [0.4, 0.5) is 33.3 Å². The van der Waals surface area contributed by atoms with Gasteiger partial charge in [-0.05, 0) is 66.8 Å². The number of allylic oxidation sites excluding steroid dienone is 2. The molecule has 1 aromatic heterocycles. The first kappa shape index (κ1) is 39.3. The number of furan rings is 1. The van der Waals surface area contributed by atoms with Crippen LogP contribution in [-0.4, -0.2) is 52.7 Å². The van der Waals surface area contributed by atoms with E-state index in [-0.39, 0.29) is 34.1 Å². The Hall–Kier alpha value is -5.51. The lowest BCUT2D eigenvalue weighted by Gasteiger charge is -2.49. The third kappa shape index (κ3) is 5.46. The number of hydrogen-bond donors (Lipinski definition) is 1. The molecule has 3 aromatic carbocycles. The van der Waals surface area contributed by atoms with Gasteiger partial charge in [0.15, 0.2) is 33.0 Å². The fourth-order valence-corrected chi connectivity index (χ4v) is 9.57. The van der Waals surface area contributed by atoms with Gasteiger partial charge in [-0.2, -0.15) is 0 Å². The van der Waals surface area contributed by atoms with Gasteiger partial charge in [-0.15, -0.1) is 23.2 Å². The van der Waals surface area contributed by atoms with Gasteiger partial charge in [0.05, 0.1) is 37.7 Å². The van der Waals surface area contributed by atoms with Gasteiger partial charge in [0.2, 0.25) is 17.6 Å². The summed E-state index contributed by atoms with van der Waals surface area (Å²) in [5, 5.41) is 9.79. The molecule has 1 saturated carbocycles. The number of methoxy groups -OCH3 is 2. The van der Waals surface area contributed by atoms with E-state index in [4.69, 9.17) is 37.1 Å². The van der Waals surface area contributed by atoms with Crippen molar-refractivity contribution in [3.63, 3.8) is 0 Å². The molecule has 2 saturated heterocycles. The quantitative estimate of drug-likeness (QED) is 0.0370. The van der Waals surface area contributed by atoms with Gasteiger partial charge in [0.25, 0.3) is 11.8 Å². The maximum Gasteiger partial charge on any atom is 0.258 e. The Morgan fingerprint density at radius 1 is 0.810 bits per heavy atom. The molecule has 3 fully saturated rings. The van der Waals surface area contributed by atoms with Crippen LogP contribution in [0, 0.1) is 46.8 Å². The molecule has 8 rings (SSSR count). The molecule has 0 spiro atoms. The van der Waals surface area contributed by atoms with Crippen LogP contribution in [0.25, 0.3) is 12.2 Å². The molecule has 2 aliphatic heterocycles. The van der Waals surface area contributed by atoms with Crippen molar-refractivity contribution >= 4 is 70.4 Å². The van der Waals surface area contributed by atoms with E-state index < -0.39 is 105 Å². The molecule has 3 heterocycles. The number of hydrogen-bond acceptors (Lipinski definition) is 8. The summed E-state index contributed by atoms with van der Waals surface area (Å²) < 4.78 is 90.1. The second-order valence-electron chi connectivity index (χ2n) is 14.2. The van der Waals surface area contributed by atoms with E-state index in [1.807, 2.05) is 0 Å². The zero-order chi connectivity index (χ0) is 41.6. The van der Waals surface area contributed by atoms with Gasteiger partial charge in [-0.25, -0.2) is 26.9 Å². The highest BCUT2D eigenvalue weighted by atomic mass is 35.5. The number of alkyl halides is 2. The standard InChI is InChI=1S/C41H29Cl2F5N2O8/c1-56-21-9-13-26(57-2)19(15-21)6-3-18-4-7-20(8-5-18)49-36(52)24-12-11-23-25(28(24)37(49)53)16-40(42)38(54)50(35-33(47)31(45)30(44)32(46)34(35)48)39(55)41(40,43)29(23)27-14-10-22(17-51)58-27/h3-11,13-15,24-25,28-29,51H,12,16-17H2,1-2H3. The van der Waals surface area contributed by atoms with Crippen molar-refractivity contribution in [3.8, 4) is 11.5 Å². The number of fused-ring (bicyclic) bond motifs is 4. The molecule has 2 aliphatic carbocycles. The van der Waals surface area contributed by atoms with E-state index >= 15 is 8.78 Å². The van der Waals surface area contributed by atoms with E-state index in [9.17, 15) is 37.5 Å². The summed E-state index contributed by atoms with van der Waals surface area (Å²) in [6.07, 6.45) is 4.41. The van der Waals surface area contributed by atoms with Crippen LogP contribution in [0.1, 0.15) is 41.4 Å². The molecule has 4 aromatic rings. The lowest BCUT2D eigenvalue weighted by molar-refractivity contribution is -0.125. The van der Waals surface area contributed by atoms with Crippen molar-refractivity contribution < 1.29 is 60.1 Å². The molecule has 4 amide bonds. The minimum atomic E-state index is -2.74. The van der Waals surface area contributed by atoms with Crippen molar-refractivity contribution in [2.45, 2.75) is 35.1 Å². The van der Waals surface area contributed by atoms with Gasteiger partial charge in [0, 0.05) is 5.56 Å². The summed E-state index contributed by atoms with van der Waals surface area (Å²) in [7, 11) is 3.07. The number of imide groups is 2. The minimum absolute atomic E-state index is 0.0283.